The Balaban J connectivity index is 2.31. The zero-order valence-electron chi connectivity index (χ0n) is 15.4. The van der Waals surface area contributed by atoms with Crippen molar-refractivity contribution < 1.29 is 44.3 Å². The monoisotopic (exact) mass is 490 g/mol. The van der Waals surface area contributed by atoms with Crippen LogP contribution in [0.1, 0.15) is 18.9 Å². The summed E-state index contributed by atoms with van der Waals surface area (Å²) in [6.45, 7) is 1.56. The van der Waals surface area contributed by atoms with Crippen LogP contribution in [-0.4, -0.2) is 26.0 Å². The molecule has 6 nitrogen and oxygen atoms in total. The van der Waals surface area contributed by atoms with Gasteiger partial charge in [0.15, 0.2) is 5.75 Å². The number of alkyl halides is 6. The van der Waals surface area contributed by atoms with Crippen LogP contribution in [-0.2, 0) is 10.0 Å². The van der Waals surface area contributed by atoms with Crippen molar-refractivity contribution in [2.45, 2.75) is 25.2 Å². The maximum absolute atomic E-state index is 12.7. The van der Waals surface area contributed by atoms with Crippen LogP contribution in [0.4, 0.5) is 32.0 Å². The summed E-state index contributed by atoms with van der Waals surface area (Å²) >= 11 is 5.87. The first-order valence-corrected chi connectivity index (χ1v) is 10.1. The maximum atomic E-state index is 12.7. The molecule has 0 aliphatic carbocycles. The number of benzene rings is 2. The Morgan fingerprint density at radius 3 is 2.13 bits per heavy atom. The Bertz CT molecular complexity index is 1050. The highest BCUT2D eigenvalue weighted by atomic mass is 35.5. The molecular formula is C17H13ClF6N2O4S. The molecule has 170 valence electrons. The Morgan fingerprint density at radius 2 is 1.61 bits per heavy atom. The van der Waals surface area contributed by atoms with E-state index >= 15 is 0 Å². The molecule has 14 heteroatoms. The number of rotatable bonds is 7. The summed E-state index contributed by atoms with van der Waals surface area (Å²) in [6, 6.07) is 7.54. The molecule has 2 aromatic rings. The largest absolute Gasteiger partial charge is 0.573 e. The Kier molecular flexibility index (Phi) is 7.32. The average Bonchev–Trinajstić information content (AvgIpc) is 2.63. The summed E-state index contributed by atoms with van der Waals surface area (Å²) in [5.74, 6) is -0.516. The molecule has 0 bridgehead atoms. The third-order valence-electron chi connectivity index (χ3n) is 3.49. The molecule has 0 unspecified atom stereocenters. The van der Waals surface area contributed by atoms with E-state index in [4.69, 9.17) is 16.4 Å². The lowest BCUT2D eigenvalue weighted by molar-refractivity contribution is -0.274. The predicted octanol–water partition coefficient (Wildman–Crippen LogP) is 5.69. The normalized spacial score (nSPS) is 13.1. The van der Waals surface area contributed by atoms with E-state index in [-0.39, 0.29) is 28.5 Å². The number of hydrogen-bond acceptors (Lipinski definition) is 5. The Labute approximate surface area is 177 Å². The molecule has 0 atom stereocenters. The standard InChI is InChI=1S/C17H13ClF6N2O4S/c1-2-14(25-30-12-6-4-11(5-7-12)29-16(19,20)21)13-9-10(18)3-8-15(13)26-31(27,28)17(22,23)24/h3-9,26H,2H2,1H3. The van der Waals surface area contributed by atoms with E-state index in [1.165, 1.54) is 16.9 Å². The number of nitrogens with zero attached hydrogens (tertiary/aromatic N) is 1. The molecule has 0 aromatic heterocycles. The van der Waals surface area contributed by atoms with Gasteiger partial charge in [0.2, 0.25) is 0 Å². The Hall–Kier alpha value is -2.67. The van der Waals surface area contributed by atoms with Gasteiger partial charge in [-0.05, 0) is 48.9 Å². The zero-order valence-corrected chi connectivity index (χ0v) is 17.0. The summed E-state index contributed by atoms with van der Waals surface area (Å²) < 4.78 is 103. The smallest absolute Gasteiger partial charge is 0.406 e. The highest BCUT2D eigenvalue weighted by molar-refractivity contribution is 7.93. The minimum Gasteiger partial charge on any atom is -0.406 e. The lowest BCUT2D eigenvalue weighted by Crippen LogP contribution is -2.30. The van der Waals surface area contributed by atoms with E-state index in [1.807, 2.05) is 0 Å². The number of nitrogens with one attached hydrogen (secondary N) is 1. The van der Waals surface area contributed by atoms with Crippen LogP contribution in [0.2, 0.25) is 5.02 Å². The third-order valence-corrected chi connectivity index (χ3v) is 4.83. The molecule has 0 aliphatic heterocycles. The first-order chi connectivity index (χ1) is 14.2. The SMILES string of the molecule is CCC(=NOc1ccc(OC(F)(F)F)cc1)c1cc(Cl)ccc1NS(=O)(=O)C(F)(F)F. The molecule has 1 N–H and O–H groups in total. The summed E-state index contributed by atoms with van der Waals surface area (Å²) in [7, 11) is -5.71. The number of sulfonamides is 1. The average molecular weight is 491 g/mol. The highest BCUT2D eigenvalue weighted by Crippen LogP contribution is 2.30. The van der Waals surface area contributed by atoms with Crippen LogP contribution in [0.5, 0.6) is 11.5 Å². The van der Waals surface area contributed by atoms with Gasteiger partial charge in [-0.25, -0.2) is 0 Å². The molecule has 0 amide bonds. The molecule has 2 aromatic carbocycles. The van der Waals surface area contributed by atoms with Crippen molar-refractivity contribution in [3.8, 4) is 11.5 Å². The second kappa shape index (κ2) is 9.22. The predicted molar refractivity (Wildman–Crippen MR) is 101 cm³/mol. The van der Waals surface area contributed by atoms with Crippen molar-refractivity contribution in [3.05, 3.63) is 53.1 Å². The van der Waals surface area contributed by atoms with Gasteiger partial charge >= 0.3 is 21.9 Å². The van der Waals surface area contributed by atoms with Crippen molar-refractivity contribution in [2.24, 2.45) is 5.16 Å². The number of ether oxygens (including phenoxy) is 1. The Morgan fingerprint density at radius 1 is 1.03 bits per heavy atom. The van der Waals surface area contributed by atoms with Gasteiger partial charge in [-0.15, -0.1) is 13.2 Å². The lowest BCUT2D eigenvalue weighted by atomic mass is 10.1. The summed E-state index contributed by atoms with van der Waals surface area (Å²) in [6.07, 6.45) is -4.79. The van der Waals surface area contributed by atoms with Gasteiger partial charge in [-0.2, -0.15) is 21.6 Å². The second-order valence-corrected chi connectivity index (χ2v) is 7.85. The van der Waals surface area contributed by atoms with Crippen LogP contribution in [0.3, 0.4) is 0 Å². The minimum absolute atomic E-state index is 0.0120. The van der Waals surface area contributed by atoms with E-state index in [1.54, 1.807) is 6.92 Å². The topological polar surface area (TPSA) is 77.0 Å². The summed E-state index contributed by atoms with van der Waals surface area (Å²) in [5.41, 5.74) is -6.07. The van der Waals surface area contributed by atoms with E-state index in [0.717, 1.165) is 30.3 Å². The molecule has 0 aliphatic rings. The fourth-order valence-electron chi connectivity index (χ4n) is 2.16. The van der Waals surface area contributed by atoms with E-state index in [2.05, 4.69) is 9.89 Å². The zero-order chi connectivity index (χ0) is 23.4. The van der Waals surface area contributed by atoms with Gasteiger partial charge in [0.05, 0.1) is 11.4 Å². The molecule has 0 fully saturated rings. The van der Waals surface area contributed by atoms with Gasteiger partial charge in [0.25, 0.3) is 0 Å². The second-order valence-electron chi connectivity index (χ2n) is 5.74. The minimum atomic E-state index is -5.71. The lowest BCUT2D eigenvalue weighted by Gasteiger charge is -2.15. The molecular weight excluding hydrogens is 478 g/mol. The van der Waals surface area contributed by atoms with Crippen molar-refractivity contribution in [1.29, 1.82) is 0 Å². The van der Waals surface area contributed by atoms with E-state index < -0.39 is 33.3 Å². The van der Waals surface area contributed by atoms with E-state index in [9.17, 15) is 34.8 Å². The molecule has 0 spiro atoms. The van der Waals surface area contributed by atoms with Crippen LogP contribution in [0, 0.1) is 0 Å². The number of anilines is 1. The maximum Gasteiger partial charge on any atom is 0.573 e. The molecule has 0 radical (unpaired) electrons. The fourth-order valence-corrected chi connectivity index (χ4v) is 2.92. The van der Waals surface area contributed by atoms with Gasteiger partial charge in [0.1, 0.15) is 5.75 Å². The fraction of sp³-hybridized carbons (Fsp3) is 0.235. The van der Waals surface area contributed by atoms with Crippen molar-refractivity contribution >= 4 is 33.0 Å². The summed E-state index contributed by atoms with van der Waals surface area (Å²) in [4.78, 5) is 5.10. The molecule has 0 saturated heterocycles. The van der Waals surface area contributed by atoms with Gasteiger partial charge in [-0.3, -0.25) is 4.72 Å². The van der Waals surface area contributed by atoms with Crippen LogP contribution >= 0.6 is 11.6 Å². The first kappa shape index (κ1) is 24.6. The van der Waals surface area contributed by atoms with Gasteiger partial charge in [-0.1, -0.05) is 23.7 Å². The number of oxime groups is 1. The number of halogens is 7. The van der Waals surface area contributed by atoms with Crippen LogP contribution in [0.15, 0.2) is 47.6 Å². The summed E-state index contributed by atoms with van der Waals surface area (Å²) in [5, 5.41) is 3.84. The third kappa shape index (κ3) is 6.92. The quantitative estimate of drug-likeness (QED) is 0.307. The first-order valence-electron chi connectivity index (χ1n) is 8.20. The van der Waals surface area contributed by atoms with Crippen molar-refractivity contribution in [1.82, 2.24) is 0 Å². The van der Waals surface area contributed by atoms with Crippen molar-refractivity contribution in [3.63, 3.8) is 0 Å². The molecule has 0 heterocycles. The van der Waals surface area contributed by atoms with E-state index in [0.29, 0.717) is 0 Å². The van der Waals surface area contributed by atoms with Gasteiger partial charge in [0, 0.05) is 10.6 Å². The molecule has 0 saturated carbocycles. The number of hydrogen-bond donors (Lipinski definition) is 1. The highest BCUT2D eigenvalue weighted by Gasteiger charge is 2.46. The molecule has 31 heavy (non-hydrogen) atoms. The van der Waals surface area contributed by atoms with Crippen LogP contribution in [0.25, 0.3) is 0 Å². The van der Waals surface area contributed by atoms with Gasteiger partial charge < -0.3 is 9.57 Å². The van der Waals surface area contributed by atoms with Crippen LogP contribution < -0.4 is 14.3 Å². The van der Waals surface area contributed by atoms with Crippen molar-refractivity contribution in [2.75, 3.05) is 4.72 Å². The molecule has 2 rings (SSSR count).